The van der Waals surface area contributed by atoms with Gasteiger partial charge in [0.05, 0.1) is 13.2 Å². The van der Waals surface area contributed by atoms with Crippen molar-refractivity contribution in [3.63, 3.8) is 0 Å². The number of aromatic nitrogens is 2. The van der Waals surface area contributed by atoms with Crippen molar-refractivity contribution in [1.82, 2.24) is 9.97 Å². The molecule has 2 N–H and O–H groups in total. The van der Waals surface area contributed by atoms with Crippen molar-refractivity contribution in [3.05, 3.63) is 36.5 Å². The highest BCUT2D eigenvalue weighted by Crippen LogP contribution is 2.21. The number of benzene rings is 1. The van der Waals surface area contributed by atoms with Gasteiger partial charge in [0, 0.05) is 37.1 Å². The minimum Gasteiger partial charge on any atom is -0.394 e. The van der Waals surface area contributed by atoms with Crippen molar-refractivity contribution < 1.29 is 9.57 Å². The molecule has 0 spiro atoms. The Bertz CT molecular complexity index is 743. The quantitative estimate of drug-likeness (QED) is 0.883. The minimum absolute atomic E-state index is 0.531. The van der Waals surface area contributed by atoms with E-state index >= 15 is 0 Å². The van der Waals surface area contributed by atoms with Crippen LogP contribution in [0.25, 0.3) is 0 Å². The number of ether oxygens (including phenoxy) is 1. The molecule has 0 atom stereocenters. The van der Waals surface area contributed by atoms with Gasteiger partial charge in [0.25, 0.3) is 0 Å². The van der Waals surface area contributed by atoms with Crippen LogP contribution in [-0.2, 0) is 9.57 Å². The third-order valence-corrected chi connectivity index (χ3v) is 4.03. The van der Waals surface area contributed by atoms with Gasteiger partial charge in [-0.25, -0.2) is 4.98 Å². The highest BCUT2D eigenvalue weighted by Gasteiger charge is 2.11. The van der Waals surface area contributed by atoms with Crippen LogP contribution in [0, 0.1) is 0 Å². The molecule has 130 valence electrons. The Kier molecular flexibility index (Phi) is 4.60. The first-order chi connectivity index (χ1) is 12.4. The first-order valence-electron chi connectivity index (χ1n) is 8.35. The van der Waals surface area contributed by atoms with Gasteiger partial charge >= 0.3 is 0 Å². The predicted molar refractivity (Wildman–Crippen MR) is 96.4 cm³/mol. The number of amidine groups is 1. The zero-order chi connectivity index (χ0) is 16.9. The molecular weight excluding hydrogens is 320 g/mol. The van der Waals surface area contributed by atoms with Crippen LogP contribution in [0.1, 0.15) is 6.42 Å². The van der Waals surface area contributed by atoms with Crippen molar-refractivity contribution in [2.45, 2.75) is 6.42 Å². The van der Waals surface area contributed by atoms with Crippen LogP contribution in [0.3, 0.4) is 0 Å². The summed E-state index contributed by atoms with van der Waals surface area (Å²) in [5.74, 6) is 2.00. The smallest absolute Gasteiger partial charge is 0.229 e. The highest BCUT2D eigenvalue weighted by molar-refractivity contribution is 5.95. The standard InChI is InChI=1S/C17H20N6O2/c1-3-14(23-8-11-24-12-9-23)4-2-13(1)19-17-18-7-5-15(21-17)20-16-6-10-25-22-16/h1-5,7H,6,8-12H2,(H2,18,19,20,21,22). The van der Waals surface area contributed by atoms with E-state index in [1.54, 1.807) is 12.3 Å². The summed E-state index contributed by atoms with van der Waals surface area (Å²) in [7, 11) is 0. The van der Waals surface area contributed by atoms with Crippen molar-refractivity contribution in [1.29, 1.82) is 0 Å². The van der Waals surface area contributed by atoms with E-state index in [1.807, 2.05) is 12.1 Å². The molecule has 8 heteroatoms. The van der Waals surface area contributed by atoms with Crippen LogP contribution in [0.15, 0.2) is 41.7 Å². The third-order valence-electron chi connectivity index (χ3n) is 4.03. The molecule has 0 unspecified atom stereocenters. The summed E-state index contributed by atoms with van der Waals surface area (Å²) in [6, 6.07) is 10.1. The Morgan fingerprint density at radius 2 is 1.80 bits per heavy atom. The number of morpholine rings is 1. The number of hydrogen-bond acceptors (Lipinski definition) is 8. The van der Waals surface area contributed by atoms with Crippen LogP contribution in [-0.4, -0.2) is 48.7 Å². The van der Waals surface area contributed by atoms with E-state index in [0.29, 0.717) is 18.4 Å². The fourth-order valence-corrected chi connectivity index (χ4v) is 2.74. The Balaban J connectivity index is 1.41. The number of nitrogens with one attached hydrogen (secondary N) is 2. The minimum atomic E-state index is 0.531. The van der Waals surface area contributed by atoms with Crippen molar-refractivity contribution in [2.75, 3.05) is 48.4 Å². The molecule has 8 nitrogen and oxygen atoms in total. The van der Waals surface area contributed by atoms with Crippen molar-refractivity contribution in [2.24, 2.45) is 5.16 Å². The first kappa shape index (κ1) is 15.6. The molecule has 1 fully saturated rings. The van der Waals surface area contributed by atoms with Crippen molar-refractivity contribution in [3.8, 4) is 0 Å². The maximum absolute atomic E-state index is 5.39. The summed E-state index contributed by atoms with van der Waals surface area (Å²) in [6.45, 7) is 4.02. The van der Waals surface area contributed by atoms with E-state index in [1.165, 1.54) is 5.69 Å². The van der Waals surface area contributed by atoms with E-state index in [9.17, 15) is 0 Å². The van der Waals surface area contributed by atoms with Gasteiger partial charge in [-0.1, -0.05) is 5.16 Å². The number of rotatable bonds is 4. The lowest BCUT2D eigenvalue weighted by atomic mass is 10.2. The molecule has 0 amide bonds. The summed E-state index contributed by atoms with van der Waals surface area (Å²) in [5, 5.41) is 10.3. The molecule has 1 aromatic carbocycles. The molecule has 0 aliphatic carbocycles. The molecule has 1 aromatic heterocycles. The fraction of sp³-hybridized carbons (Fsp3) is 0.353. The van der Waals surface area contributed by atoms with E-state index in [4.69, 9.17) is 9.57 Å². The van der Waals surface area contributed by atoms with Gasteiger partial charge in [0.15, 0.2) is 5.84 Å². The van der Waals surface area contributed by atoms with Crippen LogP contribution < -0.4 is 15.5 Å². The third kappa shape index (κ3) is 3.97. The molecule has 0 bridgehead atoms. The molecular formula is C17H20N6O2. The second kappa shape index (κ2) is 7.35. The van der Waals surface area contributed by atoms with Gasteiger partial charge in [-0.3, -0.25) is 0 Å². The molecule has 4 rings (SSSR count). The maximum Gasteiger partial charge on any atom is 0.229 e. The van der Waals surface area contributed by atoms with E-state index < -0.39 is 0 Å². The Hall–Kier alpha value is -2.87. The van der Waals surface area contributed by atoms with Gasteiger partial charge in [0.1, 0.15) is 12.4 Å². The van der Waals surface area contributed by atoms with Gasteiger partial charge in [-0.2, -0.15) is 4.98 Å². The van der Waals surface area contributed by atoms with Gasteiger partial charge in [-0.15, -0.1) is 0 Å². The van der Waals surface area contributed by atoms with E-state index in [2.05, 4.69) is 42.8 Å². The Morgan fingerprint density at radius 1 is 0.960 bits per heavy atom. The molecule has 0 saturated carbocycles. The number of anilines is 4. The predicted octanol–water partition coefficient (Wildman–Crippen LogP) is 2.20. The molecule has 25 heavy (non-hydrogen) atoms. The Morgan fingerprint density at radius 3 is 2.56 bits per heavy atom. The van der Waals surface area contributed by atoms with Crippen LogP contribution in [0.5, 0.6) is 0 Å². The maximum atomic E-state index is 5.39. The monoisotopic (exact) mass is 340 g/mol. The van der Waals surface area contributed by atoms with Crippen LogP contribution in [0.4, 0.5) is 23.1 Å². The second-order valence-electron chi connectivity index (χ2n) is 5.78. The summed E-state index contributed by atoms with van der Waals surface area (Å²) in [6.07, 6.45) is 2.46. The molecule has 2 aliphatic heterocycles. The summed E-state index contributed by atoms with van der Waals surface area (Å²) < 4.78 is 5.39. The van der Waals surface area contributed by atoms with Gasteiger partial charge < -0.3 is 25.1 Å². The molecule has 0 radical (unpaired) electrons. The molecule has 3 heterocycles. The zero-order valence-electron chi connectivity index (χ0n) is 13.8. The zero-order valence-corrected chi connectivity index (χ0v) is 13.8. The lowest BCUT2D eigenvalue weighted by Crippen LogP contribution is -2.36. The number of hydrogen-bond donors (Lipinski definition) is 2. The van der Waals surface area contributed by atoms with Crippen molar-refractivity contribution >= 4 is 29.0 Å². The first-order valence-corrected chi connectivity index (χ1v) is 8.35. The van der Waals surface area contributed by atoms with E-state index in [0.717, 1.165) is 44.2 Å². The van der Waals surface area contributed by atoms with Gasteiger partial charge in [0.2, 0.25) is 5.95 Å². The largest absolute Gasteiger partial charge is 0.394 e. The van der Waals surface area contributed by atoms with Crippen LogP contribution in [0.2, 0.25) is 0 Å². The highest BCUT2D eigenvalue weighted by atomic mass is 16.6. The average molecular weight is 340 g/mol. The van der Waals surface area contributed by atoms with E-state index in [-0.39, 0.29) is 0 Å². The molecule has 1 saturated heterocycles. The molecule has 2 aliphatic rings. The number of nitrogens with zero attached hydrogens (tertiary/aromatic N) is 4. The summed E-state index contributed by atoms with van der Waals surface area (Å²) >= 11 is 0. The second-order valence-corrected chi connectivity index (χ2v) is 5.78. The van der Waals surface area contributed by atoms with Crippen LogP contribution >= 0.6 is 0 Å². The van der Waals surface area contributed by atoms with Gasteiger partial charge in [-0.05, 0) is 30.3 Å². The normalized spacial score (nSPS) is 17.0. The summed E-state index contributed by atoms with van der Waals surface area (Å²) in [4.78, 5) is 16.0. The lowest BCUT2D eigenvalue weighted by Gasteiger charge is -2.28. The lowest BCUT2D eigenvalue weighted by molar-refractivity contribution is 0.122. The summed E-state index contributed by atoms with van der Waals surface area (Å²) in [5.41, 5.74) is 2.14. The molecule has 2 aromatic rings. The topological polar surface area (TPSA) is 83.9 Å². The SMILES string of the molecule is c1cc(NC2=NOCC2)nc(Nc2ccc(N3CCOCC3)cc2)n1. The Labute approximate surface area is 145 Å². The average Bonchev–Trinajstić information content (AvgIpc) is 3.16. The number of oxime groups is 1. The fourth-order valence-electron chi connectivity index (χ4n) is 2.74.